The van der Waals surface area contributed by atoms with E-state index in [1.807, 2.05) is 0 Å². The van der Waals surface area contributed by atoms with Crippen LogP contribution in [0, 0.1) is 5.41 Å². The van der Waals surface area contributed by atoms with Gasteiger partial charge in [-0.05, 0) is 71.4 Å². The van der Waals surface area contributed by atoms with Crippen LogP contribution < -0.4 is 5.32 Å². The van der Waals surface area contributed by atoms with Crippen molar-refractivity contribution in [2.75, 3.05) is 53.4 Å². The van der Waals surface area contributed by atoms with Gasteiger partial charge in [0.05, 0.1) is 0 Å². The summed E-state index contributed by atoms with van der Waals surface area (Å²) >= 11 is 0. The van der Waals surface area contributed by atoms with Gasteiger partial charge in [0.25, 0.3) is 0 Å². The molecule has 1 N–H and O–H groups in total. The van der Waals surface area contributed by atoms with Crippen molar-refractivity contribution in [1.82, 2.24) is 15.1 Å². The van der Waals surface area contributed by atoms with Crippen LogP contribution in [0.2, 0.25) is 0 Å². The summed E-state index contributed by atoms with van der Waals surface area (Å²) in [5.41, 5.74) is 0.708. The van der Waals surface area contributed by atoms with E-state index in [0.29, 0.717) is 5.41 Å². The van der Waals surface area contributed by atoms with E-state index in [2.05, 4.69) is 29.2 Å². The maximum atomic E-state index is 3.49. The molecule has 0 aromatic rings. The predicted molar refractivity (Wildman–Crippen MR) is 68.8 cm³/mol. The van der Waals surface area contributed by atoms with Crippen molar-refractivity contribution in [3.63, 3.8) is 0 Å². The van der Waals surface area contributed by atoms with Crippen LogP contribution >= 0.6 is 0 Å². The molecule has 0 bridgehead atoms. The van der Waals surface area contributed by atoms with Crippen LogP contribution in [0.5, 0.6) is 0 Å². The van der Waals surface area contributed by atoms with E-state index in [1.165, 1.54) is 65.0 Å². The first kappa shape index (κ1) is 12.3. The molecule has 2 rings (SSSR count). The molecule has 3 nitrogen and oxygen atoms in total. The van der Waals surface area contributed by atoms with Crippen molar-refractivity contribution >= 4 is 0 Å². The summed E-state index contributed by atoms with van der Waals surface area (Å²) in [6, 6.07) is 0. The van der Waals surface area contributed by atoms with Crippen LogP contribution in [0.4, 0.5) is 0 Å². The Kier molecular flexibility index (Phi) is 4.22. The zero-order valence-electron chi connectivity index (χ0n) is 11.0. The van der Waals surface area contributed by atoms with Crippen LogP contribution in [-0.2, 0) is 0 Å². The smallest absolute Gasteiger partial charge is 0.0109 e. The average molecular weight is 225 g/mol. The van der Waals surface area contributed by atoms with E-state index in [1.54, 1.807) is 0 Å². The normalized spacial score (nSPS) is 26.4. The van der Waals surface area contributed by atoms with Crippen LogP contribution in [-0.4, -0.2) is 63.2 Å². The van der Waals surface area contributed by atoms with E-state index in [4.69, 9.17) is 0 Å². The minimum Gasteiger partial charge on any atom is -0.317 e. The zero-order valence-corrected chi connectivity index (χ0v) is 11.0. The Morgan fingerprint density at radius 3 is 2.25 bits per heavy atom. The monoisotopic (exact) mass is 225 g/mol. The molecule has 0 saturated carbocycles. The molecule has 2 saturated heterocycles. The van der Waals surface area contributed by atoms with Gasteiger partial charge in [0, 0.05) is 13.1 Å². The highest BCUT2D eigenvalue weighted by Crippen LogP contribution is 2.39. The summed E-state index contributed by atoms with van der Waals surface area (Å²) < 4.78 is 0. The van der Waals surface area contributed by atoms with Gasteiger partial charge < -0.3 is 15.1 Å². The van der Waals surface area contributed by atoms with Crippen molar-refractivity contribution in [1.29, 1.82) is 0 Å². The molecule has 2 heterocycles. The minimum absolute atomic E-state index is 0.708. The van der Waals surface area contributed by atoms with Crippen LogP contribution in [0.25, 0.3) is 0 Å². The Morgan fingerprint density at radius 1 is 1.06 bits per heavy atom. The number of nitrogens with one attached hydrogen (secondary N) is 1. The second-order valence-electron chi connectivity index (χ2n) is 5.89. The van der Waals surface area contributed by atoms with E-state index in [0.717, 1.165) is 0 Å². The number of likely N-dealkylation sites (N-methyl/N-ethyl adjacent to an activating group) is 1. The minimum atomic E-state index is 0.708. The first-order valence-electron chi connectivity index (χ1n) is 6.78. The van der Waals surface area contributed by atoms with Gasteiger partial charge in [-0.2, -0.15) is 0 Å². The number of likely N-dealkylation sites (tertiary alicyclic amines) is 1. The maximum absolute atomic E-state index is 3.49. The standard InChI is InChI=1S/C13H27N3/c1-15(2)11-12-16-9-5-13(6-10-16)3-7-14-8-4-13/h14H,3-12H2,1-2H3. The van der Waals surface area contributed by atoms with Crippen LogP contribution in [0.1, 0.15) is 25.7 Å². The lowest BCUT2D eigenvalue weighted by Crippen LogP contribution is -2.46. The van der Waals surface area contributed by atoms with Crippen molar-refractivity contribution in [2.45, 2.75) is 25.7 Å². The number of hydrogen-bond donors (Lipinski definition) is 1. The predicted octanol–water partition coefficient (Wildman–Crippen LogP) is 1.01. The summed E-state index contributed by atoms with van der Waals surface area (Å²) in [4.78, 5) is 4.93. The first-order valence-corrected chi connectivity index (χ1v) is 6.78. The van der Waals surface area contributed by atoms with Gasteiger partial charge in [0.2, 0.25) is 0 Å². The second-order valence-corrected chi connectivity index (χ2v) is 5.89. The molecular weight excluding hydrogens is 198 g/mol. The molecule has 3 heteroatoms. The molecule has 0 aromatic carbocycles. The molecule has 1 spiro atoms. The molecule has 0 aliphatic carbocycles. The van der Waals surface area contributed by atoms with E-state index >= 15 is 0 Å². The SMILES string of the molecule is CN(C)CCN1CCC2(CCNCC2)CC1. The molecule has 0 aromatic heterocycles. The molecule has 16 heavy (non-hydrogen) atoms. The third-order valence-corrected chi connectivity index (χ3v) is 4.44. The molecule has 0 radical (unpaired) electrons. The van der Waals surface area contributed by atoms with Gasteiger partial charge in [-0.15, -0.1) is 0 Å². The van der Waals surface area contributed by atoms with Crippen LogP contribution in [0.15, 0.2) is 0 Å². The van der Waals surface area contributed by atoms with Gasteiger partial charge in [-0.3, -0.25) is 0 Å². The lowest BCUT2D eigenvalue weighted by molar-refractivity contribution is 0.0706. The van der Waals surface area contributed by atoms with Crippen molar-refractivity contribution in [3.8, 4) is 0 Å². The van der Waals surface area contributed by atoms with Crippen LogP contribution in [0.3, 0.4) is 0 Å². The lowest BCUT2D eigenvalue weighted by atomic mass is 9.71. The molecule has 0 amide bonds. The zero-order chi connectivity index (χ0) is 11.4. The van der Waals surface area contributed by atoms with Gasteiger partial charge in [-0.1, -0.05) is 0 Å². The van der Waals surface area contributed by atoms with Crippen molar-refractivity contribution in [3.05, 3.63) is 0 Å². The highest BCUT2D eigenvalue weighted by Gasteiger charge is 2.35. The molecule has 0 unspecified atom stereocenters. The number of piperidine rings is 2. The lowest BCUT2D eigenvalue weighted by Gasteiger charge is -2.44. The second kappa shape index (κ2) is 5.48. The fourth-order valence-corrected chi connectivity index (χ4v) is 3.05. The highest BCUT2D eigenvalue weighted by molar-refractivity contribution is 4.89. The van der Waals surface area contributed by atoms with Gasteiger partial charge in [0.15, 0.2) is 0 Å². The summed E-state index contributed by atoms with van der Waals surface area (Å²) in [6.45, 7) is 7.60. The summed E-state index contributed by atoms with van der Waals surface area (Å²) in [7, 11) is 4.33. The van der Waals surface area contributed by atoms with E-state index < -0.39 is 0 Å². The fourth-order valence-electron chi connectivity index (χ4n) is 3.05. The topological polar surface area (TPSA) is 18.5 Å². The Morgan fingerprint density at radius 2 is 1.69 bits per heavy atom. The van der Waals surface area contributed by atoms with Crippen molar-refractivity contribution < 1.29 is 0 Å². The van der Waals surface area contributed by atoms with Gasteiger partial charge in [0.1, 0.15) is 0 Å². The van der Waals surface area contributed by atoms with Crippen molar-refractivity contribution in [2.24, 2.45) is 5.41 Å². The van der Waals surface area contributed by atoms with Gasteiger partial charge in [-0.25, -0.2) is 0 Å². The number of nitrogens with zero attached hydrogens (tertiary/aromatic N) is 2. The van der Waals surface area contributed by atoms with E-state index in [-0.39, 0.29) is 0 Å². The molecule has 2 aliphatic heterocycles. The molecule has 0 atom stereocenters. The average Bonchev–Trinajstić information content (AvgIpc) is 2.29. The molecule has 94 valence electrons. The maximum Gasteiger partial charge on any atom is 0.0109 e. The number of hydrogen-bond acceptors (Lipinski definition) is 3. The molecular formula is C13H27N3. The summed E-state index contributed by atoms with van der Waals surface area (Å²) in [6.07, 6.45) is 5.69. The molecule has 2 fully saturated rings. The molecule has 2 aliphatic rings. The first-order chi connectivity index (χ1) is 7.70. The number of rotatable bonds is 3. The largest absolute Gasteiger partial charge is 0.317 e. The Hall–Kier alpha value is -0.120. The third kappa shape index (κ3) is 3.19. The quantitative estimate of drug-likeness (QED) is 0.773. The Labute approximate surface area is 100 Å². The Bertz CT molecular complexity index is 199. The highest BCUT2D eigenvalue weighted by atomic mass is 15.2. The van der Waals surface area contributed by atoms with Gasteiger partial charge >= 0.3 is 0 Å². The summed E-state index contributed by atoms with van der Waals surface area (Å²) in [5.74, 6) is 0. The van der Waals surface area contributed by atoms with E-state index in [9.17, 15) is 0 Å². The Balaban J connectivity index is 1.73. The third-order valence-electron chi connectivity index (χ3n) is 4.44. The summed E-state index contributed by atoms with van der Waals surface area (Å²) in [5, 5.41) is 3.49. The fraction of sp³-hybridized carbons (Fsp3) is 1.00.